The number of hydrogen-bond donors (Lipinski definition) is 2. The van der Waals surface area contributed by atoms with Gasteiger partial charge in [0.15, 0.2) is 5.82 Å². The van der Waals surface area contributed by atoms with E-state index in [-0.39, 0.29) is 0 Å². The first-order chi connectivity index (χ1) is 16.2. The maximum absolute atomic E-state index is 4.84. The highest BCUT2D eigenvalue weighted by molar-refractivity contribution is 5.89. The fraction of sp³-hybridized carbons (Fsp3) is 0.462. The lowest BCUT2D eigenvalue weighted by Crippen LogP contribution is -2.35. The molecule has 2 aliphatic carbocycles. The van der Waals surface area contributed by atoms with Crippen molar-refractivity contribution in [1.82, 2.24) is 24.6 Å². The molecule has 2 aliphatic rings. The van der Waals surface area contributed by atoms with Gasteiger partial charge < -0.3 is 10.6 Å². The molecule has 0 amide bonds. The number of nitrogens with one attached hydrogen (secondary N) is 2. The van der Waals surface area contributed by atoms with Gasteiger partial charge >= 0.3 is 0 Å². The first-order valence-corrected chi connectivity index (χ1v) is 12.3. The SMILES string of the molecule is CNc1nc(NC2CCC3(CCCCC3)CC2)nn2ccc(-c3ccc4ncccc4n3)c12. The number of rotatable bonds is 4. The minimum absolute atomic E-state index is 0.449. The summed E-state index contributed by atoms with van der Waals surface area (Å²) in [5.74, 6) is 1.49. The Kier molecular flexibility index (Phi) is 5.12. The minimum atomic E-state index is 0.449. The average Bonchev–Trinajstić information content (AvgIpc) is 3.29. The van der Waals surface area contributed by atoms with Crippen LogP contribution >= 0.6 is 0 Å². The van der Waals surface area contributed by atoms with E-state index in [4.69, 9.17) is 15.1 Å². The first kappa shape index (κ1) is 20.4. The molecular weight excluding hydrogens is 410 g/mol. The molecule has 4 aromatic rings. The zero-order valence-electron chi connectivity index (χ0n) is 19.2. The standard InChI is InChI=1S/C26H31N7/c1-27-24-23-19(20-7-8-21-22(30-20)6-5-16-28-21)11-17-33(23)32-25(31-24)29-18-9-14-26(15-10-18)12-3-2-4-13-26/h5-8,11,16-18H,2-4,9-10,12-15H2,1H3,(H2,27,29,31,32). The second kappa shape index (κ2) is 8.28. The number of nitrogens with zero attached hydrogens (tertiary/aromatic N) is 5. The molecule has 4 aromatic heterocycles. The van der Waals surface area contributed by atoms with Crippen LogP contribution in [0.1, 0.15) is 57.8 Å². The predicted molar refractivity (Wildman–Crippen MR) is 132 cm³/mol. The Morgan fingerprint density at radius 3 is 2.61 bits per heavy atom. The zero-order valence-corrected chi connectivity index (χ0v) is 19.2. The fourth-order valence-corrected chi connectivity index (χ4v) is 5.93. The Balaban J connectivity index is 1.27. The summed E-state index contributed by atoms with van der Waals surface area (Å²) in [4.78, 5) is 14.1. The smallest absolute Gasteiger partial charge is 0.243 e. The summed E-state index contributed by atoms with van der Waals surface area (Å²) in [6.45, 7) is 0. The van der Waals surface area contributed by atoms with Crippen molar-refractivity contribution >= 4 is 28.3 Å². The van der Waals surface area contributed by atoms with E-state index in [1.165, 1.54) is 57.8 Å². The second-order valence-corrected chi connectivity index (χ2v) is 9.77. The first-order valence-electron chi connectivity index (χ1n) is 12.3. The van der Waals surface area contributed by atoms with Crippen molar-refractivity contribution in [2.45, 2.75) is 63.8 Å². The number of aromatic nitrogens is 5. The highest BCUT2D eigenvalue weighted by Gasteiger charge is 2.36. The molecular formula is C26H31N7. The van der Waals surface area contributed by atoms with Crippen molar-refractivity contribution in [1.29, 1.82) is 0 Å². The van der Waals surface area contributed by atoms with E-state index in [1.54, 1.807) is 6.20 Å². The molecule has 33 heavy (non-hydrogen) atoms. The molecule has 7 heteroatoms. The van der Waals surface area contributed by atoms with Crippen molar-refractivity contribution in [2.24, 2.45) is 5.41 Å². The van der Waals surface area contributed by atoms with E-state index in [0.717, 1.165) is 33.6 Å². The van der Waals surface area contributed by atoms with E-state index in [2.05, 4.69) is 21.7 Å². The molecule has 2 N–H and O–H groups in total. The largest absolute Gasteiger partial charge is 0.371 e. The van der Waals surface area contributed by atoms with Gasteiger partial charge in [-0.3, -0.25) is 4.98 Å². The van der Waals surface area contributed by atoms with Crippen molar-refractivity contribution in [3.8, 4) is 11.3 Å². The molecule has 0 unspecified atom stereocenters. The maximum Gasteiger partial charge on any atom is 0.243 e. The van der Waals surface area contributed by atoms with Gasteiger partial charge in [0.25, 0.3) is 0 Å². The minimum Gasteiger partial charge on any atom is -0.371 e. The number of hydrogen-bond acceptors (Lipinski definition) is 6. The van der Waals surface area contributed by atoms with Gasteiger partial charge in [0, 0.05) is 31.0 Å². The summed E-state index contributed by atoms with van der Waals surface area (Å²) in [5.41, 5.74) is 5.23. The van der Waals surface area contributed by atoms with Crippen LogP contribution in [0.3, 0.4) is 0 Å². The molecule has 2 fully saturated rings. The van der Waals surface area contributed by atoms with Gasteiger partial charge in [0.1, 0.15) is 5.52 Å². The Bertz CT molecular complexity index is 1280. The Labute approximate surface area is 194 Å². The van der Waals surface area contributed by atoms with E-state index >= 15 is 0 Å². The van der Waals surface area contributed by atoms with Gasteiger partial charge in [-0.15, -0.1) is 5.10 Å². The molecule has 7 nitrogen and oxygen atoms in total. The average molecular weight is 442 g/mol. The van der Waals surface area contributed by atoms with Crippen molar-refractivity contribution in [3.05, 3.63) is 42.7 Å². The molecule has 0 radical (unpaired) electrons. The summed E-state index contributed by atoms with van der Waals surface area (Å²) in [6, 6.07) is 10.4. The molecule has 6 rings (SSSR count). The maximum atomic E-state index is 4.84. The van der Waals surface area contributed by atoms with Gasteiger partial charge in [0.2, 0.25) is 5.95 Å². The predicted octanol–water partition coefficient (Wildman–Crippen LogP) is 5.69. The number of anilines is 2. The summed E-state index contributed by atoms with van der Waals surface area (Å²) in [5, 5.41) is 11.7. The third-order valence-electron chi connectivity index (χ3n) is 7.77. The van der Waals surface area contributed by atoms with Crippen LogP contribution in [0.4, 0.5) is 11.8 Å². The van der Waals surface area contributed by atoms with Crippen LogP contribution in [0.25, 0.3) is 27.8 Å². The third-order valence-corrected chi connectivity index (χ3v) is 7.77. The molecule has 0 bridgehead atoms. The number of pyridine rings is 2. The van der Waals surface area contributed by atoms with Gasteiger partial charge in [-0.2, -0.15) is 4.98 Å². The van der Waals surface area contributed by atoms with Crippen LogP contribution in [-0.4, -0.2) is 37.7 Å². The van der Waals surface area contributed by atoms with Crippen molar-refractivity contribution < 1.29 is 0 Å². The van der Waals surface area contributed by atoms with E-state index in [0.29, 0.717) is 17.4 Å². The Morgan fingerprint density at radius 2 is 1.79 bits per heavy atom. The number of fused-ring (bicyclic) bond motifs is 2. The lowest BCUT2D eigenvalue weighted by atomic mass is 9.64. The van der Waals surface area contributed by atoms with Crippen molar-refractivity contribution in [3.63, 3.8) is 0 Å². The molecule has 170 valence electrons. The summed E-state index contributed by atoms with van der Waals surface area (Å²) < 4.78 is 1.91. The van der Waals surface area contributed by atoms with Crippen LogP contribution in [0.2, 0.25) is 0 Å². The van der Waals surface area contributed by atoms with E-state index in [1.807, 2.05) is 42.0 Å². The van der Waals surface area contributed by atoms with E-state index < -0.39 is 0 Å². The summed E-state index contributed by atoms with van der Waals surface area (Å²) >= 11 is 0. The van der Waals surface area contributed by atoms with Crippen LogP contribution in [0.15, 0.2) is 42.7 Å². The monoisotopic (exact) mass is 441 g/mol. The van der Waals surface area contributed by atoms with Gasteiger partial charge in [-0.05, 0) is 74.3 Å². The molecule has 0 aliphatic heterocycles. The van der Waals surface area contributed by atoms with Gasteiger partial charge in [-0.1, -0.05) is 19.3 Å². The Hall–Kier alpha value is -3.22. The van der Waals surface area contributed by atoms with Crippen LogP contribution in [0.5, 0.6) is 0 Å². The fourth-order valence-electron chi connectivity index (χ4n) is 5.93. The quantitative estimate of drug-likeness (QED) is 0.424. The lowest BCUT2D eigenvalue weighted by Gasteiger charge is -2.43. The highest BCUT2D eigenvalue weighted by Crippen LogP contribution is 2.47. The zero-order chi connectivity index (χ0) is 22.3. The normalized spacial score (nSPS) is 18.7. The summed E-state index contributed by atoms with van der Waals surface area (Å²) in [6.07, 6.45) is 16.0. The molecule has 4 heterocycles. The second-order valence-electron chi connectivity index (χ2n) is 9.77. The topological polar surface area (TPSA) is 80.0 Å². The van der Waals surface area contributed by atoms with Gasteiger partial charge in [0.05, 0.1) is 16.7 Å². The van der Waals surface area contributed by atoms with Crippen LogP contribution in [-0.2, 0) is 0 Å². The third kappa shape index (κ3) is 3.79. The molecule has 1 spiro atoms. The molecule has 0 saturated heterocycles. The molecule has 2 saturated carbocycles. The van der Waals surface area contributed by atoms with Gasteiger partial charge in [-0.25, -0.2) is 9.50 Å². The lowest BCUT2D eigenvalue weighted by molar-refractivity contribution is 0.118. The van der Waals surface area contributed by atoms with E-state index in [9.17, 15) is 0 Å². The van der Waals surface area contributed by atoms with Crippen LogP contribution < -0.4 is 10.6 Å². The highest BCUT2D eigenvalue weighted by atomic mass is 15.3. The summed E-state index contributed by atoms with van der Waals surface area (Å²) in [7, 11) is 1.91. The molecule has 0 aromatic carbocycles. The Morgan fingerprint density at radius 1 is 0.939 bits per heavy atom. The molecule has 0 atom stereocenters. The van der Waals surface area contributed by atoms with Crippen molar-refractivity contribution in [2.75, 3.05) is 17.7 Å². The van der Waals surface area contributed by atoms with Crippen LogP contribution in [0, 0.1) is 5.41 Å².